The first-order chi connectivity index (χ1) is 11.0. The van der Waals surface area contributed by atoms with Crippen LogP contribution in [0.4, 0.5) is 0 Å². The zero-order valence-electron chi connectivity index (χ0n) is 14.0. The maximum absolute atomic E-state index is 12.9. The number of rotatable bonds is 2. The topological polar surface area (TPSA) is 58.4 Å². The highest BCUT2D eigenvalue weighted by atomic mass is 32.2. The lowest BCUT2D eigenvalue weighted by atomic mass is 10.0. The number of carbonyl (C=O) groups excluding carboxylic acids is 2. The van der Waals surface area contributed by atoms with Crippen LogP contribution >= 0.6 is 11.8 Å². The van der Waals surface area contributed by atoms with E-state index >= 15 is 0 Å². The van der Waals surface area contributed by atoms with Crippen LogP contribution in [0.3, 0.4) is 0 Å². The number of hydrogen-bond donors (Lipinski definition) is 0. The molecule has 0 unspecified atom stereocenters. The Morgan fingerprint density at radius 3 is 2.78 bits per heavy atom. The minimum absolute atomic E-state index is 0.0135. The van der Waals surface area contributed by atoms with E-state index < -0.39 is 0 Å². The van der Waals surface area contributed by atoms with E-state index in [1.165, 1.54) is 0 Å². The first kappa shape index (κ1) is 16.4. The quantitative estimate of drug-likeness (QED) is 0.823. The van der Waals surface area contributed by atoms with Gasteiger partial charge in [0.15, 0.2) is 0 Å². The Bertz CT molecular complexity index is 615. The van der Waals surface area contributed by atoms with Crippen LogP contribution in [0.1, 0.15) is 37.2 Å². The van der Waals surface area contributed by atoms with Crippen LogP contribution in [0, 0.1) is 13.8 Å². The van der Waals surface area contributed by atoms with Gasteiger partial charge in [-0.15, -0.1) is 11.8 Å². The van der Waals surface area contributed by atoms with E-state index in [1.54, 1.807) is 23.6 Å². The average molecular weight is 336 g/mol. The van der Waals surface area contributed by atoms with E-state index in [0.29, 0.717) is 18.2 Å². The monoisotopic (exact) mass is 336 g/mol. The Balaban J connectivity index is 1.72. The lowest BCUT2D eigenvalue weighted by molar-refractivity contribution is -0.143. The first-order valence-electron chi connectivity index (χ1n) is 8.14. The second-order valence-electron chi connectivity index (χ2n) is 6.46. The third kappa shape index (κ3) is 3.24. The van der Waals surface area contributed by atoms with Crippen molar-refractivity contribution >= 4 is 23.6 Å². The third-order valence-corrected chi connectivity index (χ3v) is 5.68. The molecule has 0 saturated carbocycles. The van der Waals surface area contributed by atoms with Crippen molar-refractivity contribution in [1.82, 2.24) is 19.6 Å². The van der Waals surface area contributed by atoms with Gasteiger partial charge in [-0.2, -0.15) is 5.10 Å². The first-order valence-corrected chi connectivity index (χ1v) is 9.29. The summed E-state index contributed by atoms with van der Waals surface area (Å²) >= 11 is 1.65. The molecule has 0 aliphatic carbocycles. The second kappa shape index (κ2) is 6.55. The SMILES string of the molecule is CC(=O)N1CSC[C@H]1C(=O)N1CCC[C@H](n2nc(C)cc2C)C1. The number of thioether (sulfide) groups is 1. The summed E-state index contributed by atoms with van der Waals surface area (Å²) in [6.45, 7) is 7.07. The summed E-state index contributed by atoms with van der Waals surface area (Å²) in [5.74, 6) is 1.41. The van der Waals surface area contributed by atoms with Gasteiger partial charge in [0.1, 0.15) is 6.04 Å². The van der Waals surface area contributed by atoms with Gasteiger partial charge in [0.05, 0.1) is 17.6 Å². The second-order valence-corrected chi connectivity index (χ2v) is 7.46. The molecule has 1 aromatic heterocycles. The molecule has 0 N–H and O–H groups in total. The van der Waals surface area contributed by atoms with Crippen LogP contribution in [0.15, 0.2) is 6.07 Å². The Morgan fingerprint density at radius 1 is 1.35 bits per heavy atom. The van der Waals surface area contributed by atoms with Gasteiger partial charge < -0.3 is 9.80 Å². The number of aromatic nitrogens is 2. The zero-order chi connectivity index (χ0) is 16.6. The van der Waals surface area contributed by atoms with Gasteiger partial charge in [0, 0.05) is 31.5 Å². The number of nitrogens with zero attached hydrogens (tertiary/aromatic N) is 4. The molecule has 2 amide bonds. The summed E-state index contributed by atoms with van der Waals surface area (Å²) in [6.07, 6.45) is 2.02. The predicted octanol–water partition coefficient (Wildman–Crippen LogP) is 1.58. The van der Waals surface area contributed by atoms with E-state index in [4.69, 9.17) is 0 Å². The molecule has 3 heterocycles. The van der Waals surface area contributed by atoms with Crippen molar-refractivity contribution in [2.45, 2.75) is 45.7 Å². The highest BCUT2D eigenvalue weighted by Gasteiger charge is 2.37. The van der Waals surface area contributed by atoms with Crippen molar-refractivity contribution in [3.05, 3.63) is 17.5 Å². The van der Waals surface area contributed by atoms with Crippen LogP contribution in [0.25, 0.3) is 0 Å². The van der Waals surface area contributed by atoms with Gasteiger partial charge in [-0.25, -0.2) is 0 Å². The van der Waals surface area contributed by atoms with Crippen LogP contribution in [-0.2, 0) is 9.59 Å². The fourth-order valence-corrected chi connectivity index (χ4v) is 4.75. The fourth-order valence-electron chi connectivity index (χ4n) is 3.54. The number of hydrogen-bond acceptors (Lipinski definition) is 4. The van der Waals surface area contributed by atoms with Crippen molar-refractivity contribution < 1.29 is 9.59 Å². The summed E-state index contributed by atoms with van der Waals surface area (Å²) in [5.41, 5.74) is 2.16. The van der Waals surface area contributed by atoms with Gasteiger partial charge in [-0.3, -0.25) is 14.3 Å². The lowest BCUT2D eigenvalue weighted by Gasteiger charge is -2.36. The third-order valence-electron chi connectivity index (χ3n) is 4.67. The molecule has 23 heavy (non-hydrogen) atoms. The molecule has 2 aliphatic heterocycles. The normalized spacial score (nSPS) is 25.0. The average Bonchev–Trinajstić information content (AvgIpc) is 3.13. The van der Waals surface area contributed by atoms with Crippen molar-refractivity contribution in [2.24, 2.45) is 0 Å². The van der Waals surface area contributed by atoms with Crippen molar-refractivity contribution in [3.63, 3.8) is 0 Å². The molecule has 7 heteroatoms. The maximum atomic E-state index is 12.9. The van der Waals surface area contributed by atoms with E-state index in [1.807, 2.05) is 11.8 Å². The van der Waals surface area contributed by atoms with Crippen LogP contribution in [0.2, 0.25) is 0 Å². The highest BCUT2D eigenvalue weighted by Crippen LogP contribution is 2.27. The molecular formula is C16H24N4O2S. The van der Waals surface area contributed by atoms with Gasteiger partial charge in [0.2, 0.25) is 11.8 Å². The summed E-state index contributed by atoms with van der Waals surface area (Å²) in [5, 5.41) is 4.58. The molecule has 2 atom stereocenters. The number of amides is 2. The maximum Gasteiger partial charge on any atom is 0.246 e. The fraction of sp³-hybridized carbons (Fsp3) is 0.688. The summed E-state index contributed by atoms with van der Waals surface area (Å²) in [4.78, 5) is 28.2. The number of aryl methyl sites for hydroxylation is 2. The number of carbonyl (C=O) groups is 2. The molecule has 0 radical (unpaired) electrons. The van der Waals surface area contributed by atoms with Gasteiger partial charge in [-0.1, -0.05) is 0 Å². The smallest absolute Gasteiger partial charge is 0.246 e. The molecule has 0 spiro atoms. The molecular weight excluding hydrogens is 312 g/mol. The van der Waals surface area contributed by atoms with E-state index in [2.05, 4.69) is 22.8 Å². The van der Waals surface area contributed by atoms with E-state index in [-0.39, 0.29) is 23.9 Å². The molecule has 0 aromatic carbocycles. The van der Waals surface area contributed by atoms with Crippen LogP contribution < -0.4 is 0 Å². The van der Waals surface area contributed by atoms with Crippen LogP contribution in [0.5, 0.6) is 0 Å². The number of likely N-dealkylation sites (tertiary alicyclic amines) is 1. The molecule has 2 aliphatic rings. The zero-order valence-corrected chi connectivity index (χ0v) is 14.8. The lowest BCUT2D eigenvalue weighted by Crippen LogP contribution is -2.51. The van der Waals surface area contributed by atoms with Crippen molar-refractivity contribution in [2.75, 3.05) is 24.7 Å². The Kier molecular flexibility index (Phi) is 4.66. The molecule has 126 valence electrons. The molecule has 1 aromatic rings. The highest BCUT2D eigenvalue weighted by molar-refractivity contribution is 7.99. The summed E-state index contributed by atoms with van der Waals surface area (Å²) < 4.78 is 2.06. The minimum atomic E-state index is -0.295. The van der Waals surface area contributed by atoms with Crippen LogP contribution in [-0.4, -0.2) is 62.2 Å². The number of piperidine rings is 1. The summed E-state index contributed by atoms with van der Waals surface area (Å²) in [7, 11) is 0. The molecule has 3 rings (SSSR count). The molecule has 2 fully saturated rings. The molecule has 6 nitrogen and oxygen atoms in total. The largest absolute Gasteiger partial charge is 0.339 e. The van der Waals surface area contributed by atoms with Gasteiger partial charge in [-0.05, 0) is 32.8 Å². The van der Waals surface area contributed by atoms with Crippen molar-refractivity contribution in [3.8, 4) is 0 Å². The minimum Gasteiger partial charge on any atom is -0.339 e. The van der Waals surface area contributed by atoms with E-state index in [0.717, 1.165) is 30.8 Å². The Morgan fingerprint density at radius 2 is 2.13 bits per heavy atom. The summed E-state index contributed by atoms with van der Waals surface area (Å²) in [6, 6.07) is 2.02. The van der Waals surface area contributed by atoms with Crippen molar-refractivity contribution in [1.29, 1.82) is 0 Å². The Hall–Kier alpha value is -1.50. The Labute approximate surface area is 141 Å². The van der Waals surface area contributed by atoms with Gasteiger partial charge in [0.25, 0.3) is 0 Å². The molecule has 2 saturated heterocycles. The predicted molar refractivity (Wildman–Crippen MR) is 90.2 cm³/mol. The standard InChI is InChI=1S/C16H24N4O2S/c1-11-7-12(2)20(17-11)14-5-4-6-18(8-14)16(22)15-9-23-10-19(15)13(3)21/h7,14-15H,4-6,8-10H2,1-3H3/t14-,15-/m0/s1. The van der Waals surface area contributed by atoms with E-state index in [9.17, 15) is 9.59 Å². The van der Waals surface area contributed by atoms with Gasteiger partial charge >= 0.3 is 0 Å². The molecule has 0 bridgehead atoms.